The van der Waals surface area contributed by atoms with E-state index in [-0.39, 0.29) is 25.0 Å². The minimum atomic E-state index is -0.199. The van der Waals surface area contributed by atoms with Crippen LogP contribution in [-0.2, 0) is 4.74 Å². The average Bonchev–Trinajstić information content (AvgIpc) is 3.25. The Balaban J connectivity index is 1.72. The topological polar surface area (TPSA) is 102 Å². The van der Waals surface area contributed by atoms with Crippen LogP contribution in [0.15, 0.2) is 12.7 Å². The predicted molar refractivity (Wildman–Crippen MR) is 79.9 cm³/mol. The lowest BCUT2D eigenvalue weighted by Gasteiger charge is -2.28. The van der Waals surface area contributed by atoms with Crippen molar-refractivity contribution in [1.82, 2.24) is 24.4 Å². The molecule has 2 aromatic rings. The van der Waals surface area contributed by atoms with Crippen LogP contribution in [0.1, 0.15) is 25.5 Å². The molecular formula is C14H20N6O2. The Morgan fingerprint density at radius 3 is 2.86 bits per heavy atom. The maximum atomic E-state index is 9.49. The summed E-state index contributed by atoms with van der Waals surface area (Å²) in [5.41, 5.74) is 7.14. The summed E-state index contributed by atoms with van der Waals surface area (Å²) in [4.78, 5) is 15.0. The van der Waals surface area contributed by atoms with E-state index in [2.05, 4.69) is 19.9 Å². The first-order chi connectivity index (χ1) is 10.8. The third kappa shape index (κ3) is 2.15. The normalized spacial score (nSPS) is 29.6. The molecule has 0 bridgehead atoms. The molecule has 3 atom stereocenters. The van der Waals surface area contributed by atoms with Gasteiger partial charge in [-0.25, -0.2) is 15.0 Å². The van der Waals surface area contributed by atoms with E-state index in [1.165, 1.54) is 19.2 Å². The Bertz CT molecular complexity index is 668. The van der Waals surface area contributed by atoms with Crippen LogP contribution in [0, 0.1) is 0 Å². The van der Waals surface area contributed by atoms with E-state index >= 15 is 0 Å². The van der Waals surface area contributed by atoms with Gasteiger partial charge in [-0.15, -0.1) is 0 Å². The van der Waals surface area contributed by atoms with Gasteiger partial charge in [0.1, 0.15) is 11.8 Å². The Kier molecular flexibility index (Phi) is 3.44. The Morgan fingerprint density at radius 2 is 2.09 bits per heavy atom. The number of aliphatic hydroxyl groups excluding tert-OH is 1. The third-order valence-corrected chi connectivity index (χ3v) is 4.64. The van der Waals surface area contributed by atoms with Crippen molar-refractivity contribution in [3.8, 4) is 0 Å². The fraction of sp³-hybridized carbons (Fsp3) is 0.643. The molecule has 2 saturated heterocycles. The maximum absolute atomic E-state index is 9.49. The number of rotatable bonds is 3. The van der Waals surface area contributed by atoms with Crippen LogP contribution in [-0.4, -0.2) is 61.4 Å². The molecule has 0 aromatic carbocycles. The monoisotopic (exact) mass is 304 g/mol. The van der Waals surface area contributed by atoms with Gasteiger partial charge in [0.05, 0.1) is 25.1 Å². The number of hydrogen-bond donors (Lipinski definition) is 2. The highest BCUT2D eigenvalue weighted by Crippen LogP contribution is 2.36. The van der Waals surface area contributed by atoms with Crippen LogP contribution in [0.25, 0.3) is 11.2 Å². The van der Waals surface area contributed by atoms with Crippen LogP contribution < -0.4 is 5.73 Å². The number of hydrogen-bond acceptors (Lipinski definition) is 7. The first-order valence-electron chi connectivity index (χ1n) is 7.71. The minimum Gasteiger partial charge on any atom is -0.394 e. The van der Waals surface area contributed by atoms with E-state index in [1.807, 2.05) is 4.57 Å². The maximum Gasteiger partial charge on any atom is 0.167 e. The van der Waals surface area contributed by atoms with E-state index < -0.39 is 0 Å². The summed E-state index contributed by atoms with van der Waals surface area (Å²) in [5.74, 6) is 0.373. The highest BCUT2D eigenvalue weighted by molar-refractivity contribution is 5.81. The lowest BCUT2D eigenvalue weighted by molar-refractivity contribution is -0.0370. The van der Waals surface area contributed by atoms with Crippen molar-refractivity contribution in [1.29, 1.82) is 0 Å². The summed E-state index contributed by atoms with van der Waals surface area (Å²) in [7, 11) is 0. The number of nitrogens with two attached hydrogens (primary N) is 1. The van der Waals surface area contributed by atoms with Crippen LogP contribution in [0.2, 0.25) is 0 Å². The van der Waals surface area contributed by atoms with Crippen LogP contribution in [0.4, 0.5) is 5.82 Å². The van der Waals surface area contributed by atoms with Gasteiger partial charge < -0.3 is 15.6 Å². The van der Waals surface area contributed by atoms with Crippen molar-refractivity contribution >= 4 is 17.0 Å². The van der Waals surface area contributed by atoms with Crippen molar-refractivity contribution in [2.45, 2.75) is 37.6 Å². The Labute approximate surface area is 127 Å². The molecule has 2 aliphatic rings. The van der Waals surface area contributed by atoms with Crippen molar-refractivity contribution in [2.24, 2.45) is 0 Å². The predicted octanol–water partition coefficient (Wildman–Crippen LogP) is 0.153. The van der Waals surface area contributed by atoms with Crippen LogP contribution in [0.5, 0.6) is 0 Å². The molecule has 2 fully saturated rings. The zero-order valence-corrected chi connectivity index (χ0v) is 12.3. The van der Waals surface area contributed by atoms with Crippen molar-refractivity contribution in [3.63, 3.8) is 0 Å². The lowest BCUT2D eigenvalue weighted by atomic mass is 10.1. The number of aromatic nitrogens is 4. The van der Waals surface area contributed by atoms with Gasteiger partial charge in [-0.1, -0.05) is 0 Å². The Hall–Kier alpha value is -1.77. The largest absolute Gasteiger partial charge is 0.394 e. The highest BCUT2D eigenvalue weighted by Gasteiger charge is 2.41. The zero-order chi connectivity index (χ0) is 15.1. The van der Waals surface area contributed by atoms with E-state index in [0.717, 1.165) is 19.5 Å². The molecule has 0 aliphatic carbocycles. The number of imidazole rings is 1. The number of anilines is 1. The number of aliphatic hydroxyl groups is 1. The van der Waals surface area contributed by atoms with E-state index in [9.17, 15) is 5.11 Å². The average molecular weight is 304 g/mol. The van der Waals surface area contributed by atoms with Gasteiger partial charge >= 0.3 is 0 Å². The molecule has 1 unspecified atom stereocenters. The van der Waals surface area contributed by atoms with Gasteiger partial charge in [0.2, 0.25) is 0 Å². The van der Waals surface area contributed by atoms with Crippen molar-refractivity contribution in [2.75, 3.05) is 25.4 Å². The second-order valence-electron chi connectivity index (χ2n) is 5.96. The quantitative estimate of drug-likeness (QED) is 0.832. The van der Waals surface area contributed by atoms with E-state index in [4.69, 9.17) is 10.5 Å². The molecule has 8 nitrogen and oxygen atoms in total. The fourth-order valence-electron chi connectivity index (χ4n) is 3.56. The molecule has 22 heavy (non-hydrogen) atoms. The molecule has 3 N–H and O–H groups in total. The number of nitrogen functional groups attached to an aromatic ring is 1. The van der Waals surface area contributed by atoms with Gasteiger partial charge in [0, 0.05) is 0 Å². The fourth-order valence-corrected chi connectivity index (χ4v) is 3.56. The molecule has 0 amide bonds. The molecule has 0 radical (unpaired) electrons. The standard InChI is InChI=1S/C14H20N6O2/c15-12-11-13(17-7-16-12)20(8-18-11)14-10(5-9(6-21)22-14)19-3-1-2-4-19/h7-10,14,21H,1-6H2,(H2,15,16,17)/t9-,10?,14+/m0/s1. The summed E-state index contributed by atoms with van der Waals surface area (Å²) in [6.07, 6.45) is 6.06. The molecule has 0 saturated carbocycles. The van der Waals surface area contributed by atoms with Gasteiger partial charge in [0.25, 0.3) is 0 Å². The van der Waals surface area contributed by atoms with E-state index in [1.54, 1.807) is 6.33 Å². The molecule has 4 rings (SSSR count). The first kappa shape index (κ1) is 13.9. The number of ether oxygens (including phenoxy) is 1. The number of fused-ring (bicyclic) bond motifs is 1. The summed E-state index contributed by atoms with van der Waals surface area (Å²) in [6.45, 7) is 2.18. The molecular weight excluding hydrogens is 284 g/mol. The summed E-state index contributed by atoms with van der Waals surface area (Å²) < 4.78 is 7.98. The molecule has 118 valence electrons. The van der Waals surface area contributed by atoms with Crippen molar-refractivity contribution < 1.29 is 9.84 Å². The van der Waals surface area contributed by atoms with Gasteiger partial charge in [-0.2, -0.15) is 0 Å². The first-order valence-corrected chi connectivity index (χ1v) is 7.71. The summed E-state index contributed by atoms with van der Waals surface area (Å²) in [6, 6.07) is 0.230. The second-order valence-corrected chi connectivity index (χ2v) is 5.96. The minimum absolute atomic E-state index is 0.0323. The van der Waals surface area contributed by atoms with Gasteiger partial charge in [-0.3, -0.25) is 9.47 Å². The van der Waals surface area contributed by atoms with Gasteiger partial charge in [0.15, 0.2) is 17.7 Å². The molecule has 2 aliphatic heterocycles. The lowest BCUT2D eigenvalue weighted by Crippen LogP contribution is -2.37. The van der Waals surface area contributed by atoms with Crippen molar-refractivity contribution in [3.05, 3.63) is 12.7 Å². The smallest absolute Gasteiger partial charge is 0.167 e. The summed E-state index contributed by atoms with van der Waals surface area (Å²) in [5, 5.41) is 9.49. The third-order valence-electron chi connectivity index (χ3n) is 4.64. The van der Waals surface area contributed by atoms with Gasteiger partial charge in [-0.05, 0) is 32.4 Å². The molecule has 4 heterocycles. The zero-order valence-electron chi connectivity index (χ0n) is 12.3. The van der Waals surface area contributed by atoms with Crippen LogP contribution >= 0.6 is 0 Å². The SMILES string of the molecule is Nc1ncnc2c1ncn2[C@@H]1O[C@H](CO)CC1N1CCCC1. The highest BCUT2D eigenvalue weighted by atomic mass is 16.5. The Morgan fingerprint density at radius 1 is 1.27 bits per heavy atom. The number of likely N-dealkylation sites (tertiary alicyclic amines) is 1. The molecule has 0 spiro atoms. The molecule has 2 aromatic heterocycles. The van der Waals surface area contributed by atoms with Crippen LogP contribution in [0.3, 0.4) is 0 Å². The number of nitrogens with zero attached hydrogens (tertiary/aromatic N) is 5. The molecule has 8 heteroatoms. The second kappa shape index (κ2) is 5.45. The summed E-state index contributed by atoms with van der Waals surface area (Å²) >= 11 is 0. The van der Waals surface area contributed by atoms with E-state index in [0.29, 0.717) is 17.0 Å².